The van der Waals surface area contributed by atoms with Gasteiger partial charge in [-0.1, -0.05) is 66.7 Å². The number of aromatic nitrogens is 2. The smallest absolute Gasteiger partial charge is 0.229 e. The quantitative estimate of drug-likeness (QED) is 0.471. The van der Waals surface area contributed by atoms with Gasteiger partial charge in [-0.05, 0) is 23.3 Å². The first-order valence-corrected chi connectivity index (χ1v) is 9.77. The number of carbonyl (C=O) groups is 1. The first-order valence-electron chi connectivity index (χ1n) is 9.77. The number of halogens is 2. The van der Waals surface area contributed by atoms with Gasteiger partial charge in [0.1, 0.15) is 0 Å². The summed E-state index contributed by atoms with van der Waals surface area (Å²) in [5.74, 6) is -1.98. The predicted octanol–water partition coefficient (Wildman–Crippen LogP) is 5.19. The zero-order valence-electron chi connectivity index (χ0n) is 16.6. The lowest BCUT2D eigenvalue weighted by atomic mass is 10.1. The summed E-state index contributed by atoms with van der Waals surface area (Å²) in [6.45, 7) is 0. The molecule has 0 aliphatic carbocycles. The van der Waals surface area contributed by atoms with Crippen LogP contribution < -0.4 is 5.32 Å². The molecule has 1 amide bonds. The van der Waals surface area contributed by atoms with Crippen LogP contribution >= 0.6 is 0 Å². The predicted molar refractivity (Wildman–Crippen MR) is 115 cm³/mol. The van der Waals surface area contributed by atoms with E-state index in [-0.39, 0.29) is 12.3 Å². The van der Waals surface area contributed by atoms with Crippen molar-refractivity contribution in [3.8, 4) is 11.3 Å². The molecule has 31 heavy (non-hydrogen) atoms. The van der Waals surface area contributed by atoms with Crippen LogP contribution in [0.4, 0.5) is 14.6 Å². The highest BCUT2D eigenvalue weighted by molar-refractivity contribution is 5.92. The summed E-state index contributed by atoms with van der Waals surface area (Å²) in [5.41, 5.74) is 3.63. The summed E-state index contributed by atoms with van der Waals surface area (Å²) in [5, 5.41) is 2.76. The fourth-order valence-electron chi connectivity index (χ4n) is 3.20. The molecule has 0 aliphatic rings. The maximum Gasteiger partial charge on any atom is 0.229 e. The Morgan fingerprint density at radius 1 is 0.839 bits per heavy atom. The number of hydrogen-bond donors (Lipinski definition) is 1. The molecular weight excluding hydrogens is 396 g/mol. The van der Waals surface area contributed by atoms with Crippen molar-refractivity contribution in [2.24, 2.45) is 0 Å². The van der Waals surface area contributed by atoms with E-state index in [4.69, 9.17) is 4.98 Å². The largest absolute Gasteiger partial charge is 0.309 e. The summed E-state index contributed by atoms with van der Waals surface area (Å²) in [6, 6.07) is 22.8. The average molecular weight is 415 g/mol. The molecule has 0 unspecified atom stereocenters. The first-order chi connectivity index (χ1) is 15.1. The number of amides is 1. The summed E-state index contributed by atoms with van der Waals surface area (Å²) in [4.78, 5) is 21.7. The molecule has 0 aliphatic heterocycles. The summed E-state index contributed by atoms with van der Waals surface area (Å²) >= 11 is 0. The van der Waals surface area contributed by atoms with Gasteiger partial charge in [0.25, 0.3) is 0 Å². The molecule has 3 aromatic carbocycles. The van der Waals surface area contributed by atoms with Crippen molar-refractivity contribution in [1.82, 2.24) is 9.97 Å². The van der Waals surface area contributed by atoms with E-state index in [1.807, 2.05) is 60.7 Å². The monoisotopic (exact) mass is 415 g/mol. The molecule has 0 atom stereocenters. The second-order valence-electron chi connectivity index (χ2n) is 7.05. The van der Waals surface area contributed by atoms with Crippen LogP contribution in [0.5, 0.6) is 0 Å². The average Bonchev–Trinajstić information content (AvgIpc) is 2.79. The Kier molecular flexibility index (Phi) is 6.08. The van der Waals surface area contributed by atoms with Gasteiger partial charge in [-0.25, -0.2) is 18.7 Å². The number of nitrogens with one attached hydrogen (secondary N) is 1. The molecule has 0 saturated carbocycles. The first kappa shape index (κ1) is 20.3. The van der Waals surface area contributed by atoms with Crippen LogP contribution in [-0.4, -0.2) is 15.9 Å². The maximum absolute atomic E-state index is 13.4. The van der Waals surface area contributed by atoms with Crippen LogP contribution in [0, 0.1) is 11.6 Å². The molecule has 4 rings (SSSR count). The Labute approximate surface area is 178 Å². The minimum atomic E-state index is -0.984. The molecule has 6 heteroatoms. The van der Waals surface area contributed by atoms with Gasteiger partial charge in [0.2, 0.25) is 5.91 Å². The number of nitrogens with zero attached hydrogens (tertiary/aromatic N) is 2. The normalized spacial score (nSPS) is 10.6. The molecule has 4 nitrogen and oxygen atoms in total. The highest BCUT2D eigenvalue weighted by Crippen LogP contribution is 2.22. The summed E-state index contributed by atoms with van der Waals surface area (Å²) < 4.78 is 26.6. The van der Waals surface area contributed by atoms with Crippen LogP contribution in [-0.2, 0) is 17.6 Å². The van der Waals surface area contributed by atoms with Crippen molar-refractivity contribution in [3.63, 3.8) is 0 Å². The lowest BCUT2D eigenvalue weighted by molar-refractivity contribution is -0.115. The van der Waals surface area contributed by atoms with Gasteiger partial charge in [-0.15, -0.1) is 0 Å². The maximum atomic E-state index is 13.4. The minimum absolute atomic E-state index is 0.107. The highest BCUT2D eigenvalue weighted by atomic mass is 19.2. The van der Waals surface area contributed by atoms with Crippen LogP contribution in [0.1, 0.15) is 16.8 Å². The Morgan fingerprint density at radius 3 is 2.26 bits per heavy atom. The topological polar surface area (TPSA) is 54.9 Å². The second kappa shape index (κ2) is 9.26. The Morgan fingerprint density at radius 2 is 1.55 bits per heavy atom. The van der Waals surface area contributed by atoms with Crippen LogP contribution in [0.15, 0.2) is 85.1 Å². The van der Waals surface area contributed by atoms with Gasteiger partial charge < -0.3 is 5.32 Å². The van der Waals surface area contributed by atoms with E-state index in [1.54, 1.807) is 6.20 Å². The van der Waals surface area contributed by atoms with Gasteiger partial charge in [0, 0.05) is 12.0 Å². The molecule has 154 valence electrons. The van der Waals surface area contributed by atoms with E-state index in [0.29, 0.717) is 29.2 Å². The van der Waals surface area contributed by atoms with Gasteiger partial charge >= 0.3 is 0 Å². The van der Waals surface area contributed by atoms with Gasteiger partial charge in [0.15, 0.2) is 17.5 Å². The van der Waals surface area contributed by atoms with Crippen molar-refractivity contribution in [1.29, 1.82) is 0 Å². The molecule has 1 N–H and O–H groups in total. The molecular formula is C25H19F2N3O. The molecule has 1 aromatic heterocycles. The van der Waals surface area contributed by atoms with Crippen molar-refractivity contribution >= 4 is 11.7 Å². The van der Waals surface area contributed by atoms with E-state index in [1.165, 1.54) is 6.07 Å². The van der Waals surface area contributed by atoms with E-state index in [0.717, 1.165) is 23.3 Å². The highest BCUT2D eigenvalue weighted by Gasteiger charge is 2.14. The third-order valence-electron chi connectivity index (χ3n) is 4.74. The van der Waals surface area contributed by atoms with Gasteiger partial charge in [-0.3, -0.25) is 4.79 Å². The number of rotatable bonds is 6. The minimum Gasteiger partial charge on any atom is -0.309 e. The Bertz CT molecular complexity index is 1200. The van der Waals surface area contributed by atoms with Crippen LogP contribution in [0.25, 0.3) is 11.3 Å². The summed E-state index contributed by atoms with van der Waals surface area (Å²) in [7, 11) is 0. The van der Waals surface area contributed by atoms with Crippen molar-refractivity contribution in [2.45, 2.75) is 12.8 Å². The molecule has 0 saturated heterocycles. The number of anilines is 1. The molecule has 0 bridgehead atoms. The fraction of sp³-hybridized carbons (Fsp3) is 0.0800. The lowest BCUT2D eigenvalue weighted by Gasteiger charge is -2.12. The molecule has 0 spiro atoms. The zero-order chi connectivity index (χ0) is 21.6. The molecule has 0 radical (unpaired) electrons. The zero-order valence-corrected chi connectivity index (χ0v) is 16.6. The SMILES string of the molecule is O=C(Cc1ccc(F)c(F)c1)Nc1ncc(-c2ccccc2)nc1Cc1ccccc1. The fourth-order valence-corrected chi connectivity index (χ4v) is 3.20. The number of carbonyl (C=O) groups excluding carboxylic acids is 1. The molecule has 4 aromatic rings. The van der Waals surface area contributed by atoms with E-state index in [2.05, 4.69) is 10.3 Å². The summed E-state index contributed by atoms with van der Waals surface area (Å²) in [6.07, 6.45) is 1.98. The van der Waals surface area contributed by atoms with Crippen LogP contribution in [0.3, 0.4) is 0 Å². The second-order valence-corrected chi connectivity index (χ2v) is 7.05. The van der Waals surface area contributed by atoms with E-state index in [9.17, 15) is 13.6 Å². The van der Waals surface area contributed by atoms with Crippen LogP contribution in [0.2, 0.25) is 0 Å². The molecule has 0 fully saturated rings. The molecule has 1 heterocycles. The third kappa shape index (κ3) is 5.17. The Hall–Kier alpha value is -3.93. The lowest BCUT2D eigenvalue weighted by Crippen LogP contribution is -2.18. The van der Waals surface area contributed by atoms with Gasteiger partial charge in [0.05, 0.1) is 24.0 Å². The Balaban J connectivity index is 1.60. The van der Waals surface area contributed by atoms with E-state index >= 15 is 0 Å². The van der Waals surface area contributed by atoms with Crippen molar-refractivity contribution in [2.75, 3.05) is 5.32 Å². The third-order valence-corrected chi connectivity index (χ3v) is 4.74. The van der Waals surface area contributed by atoms with Gasteiger partial charge in [-0.2, -0.15) is 0 Å². The van der Waals surface area contributed by atoms with E-state index < -0.39 is 11.6 Å². The number of hydrogen-bond acceptors (Lipinski definition) is 3. The van der Waals surface area contributed by atoms with Crippen molar-refractivity contribution in [3.05, 3.63) is 114 Å². The number of benzene rings is 3. The standard InChI is InChI=1S/C25H19F2N3O/c26-20-12-11-18(13-21(20)27)15-24(31)30-25-22(14-17-7-3-1-4-8-17)29-23(16-28-25)19-9-5-2-6-10-19/h1-13,16H,14-15H2,(H,28,30,31). The van der Waals surface area contributed by atoms with Crippen molar-refractivity contribution < 1.29 is 13.6 Å².